The molecule has 0 unspecified atom stereocenters. The van der Waals surface area contributed by atoms with Crippen molar-refractivity contribution in [3.05, 3.63) is 59.7 Å². The zero-order valence-corrected chi connectivity index (χ0v) is 14.1. The summed E-state index contributed by atoms with van der Waals surface area (Å²) in [5.41, 5.74) is 6.07. The molecule has 0 heterocycles. The van der Waals surface area contributed by atoms with Crippen LogP contribution in [-0.2, 0) is 0 Å². The van der Waals surface area contributed by atoms with Crippen molar-refractivity contribution < 1.29 is 0 Å². The summed E-state index contributed by atoms with van der Waals surface area (Å²) >= 11 is 0. The molecule has 0 aromatic heterocycles. The highest BCUT2D eigenvalue weighted by atomic mass is 14.3. The first-order chi connectivity index (χ1) is 11.4. The molecule has 120 valence electrons. The van der Waals surface area contributed by atoms with Crippen LogP contribution in [0.4, 0.5) is 0 Å². The van der Waals surface area contributed by atoms with E-state index in [1.54, 1.807) is 11.1 Å². The molecule has 0 bridgehead atoms. The zero-order valence-electron chi connectivity index (χ0n) is 14.1. The van der Waals surface area contributed by atoms with Gasteiger partial charge in [-0.05, 0) is 34.6 Å². The minimum absolute atomic E-state index is 0.633. The zero-order chi connectivity index (χ0) is 15.5. The van der Waals surface area contributed by atoms with Crippen LogP contribution >= 0.6 is 0 Å². The normalized spacial score (nSPS) is 17.9. The van der Waals surface area contributed by atoms with E-state index >= 15 is 0 Å². The standard InChI is InChI=1S/C23H28/c1-2-10-18(11-3-1)12-4-5-13-19-20-14-6-8-16-22(20)23-17-9-7-15-21(19)23/h6-9,14-19H,1-5,10-13H2. The number of hydrogen-bond donors (Lipinski definition) is 0. The van der Waals surface area contributed by atoms with Gasteiger partial charge in [0, 0.05) is 5.92 Å². The Morgan fingerprint density at radius 3 is 1.87 bits per heavy atom. The molecule has 0 spiro atoms. The lowest BCUT2D eigenvalue weighted by Gasteiger charge is -2.21. The van der Waals surface area contributed by atoms with Crippen LogP contribution in [0.3, 0.4) is 0 Å². The quantitative estimate of drug-likeness (QED) is 0.525. The Bertz CT molecular complexity index is 603. The van der Waals surface area contributed by atoms with Gasteiger partial charge in [-0.15, -0.1) is 0 Å². The average molecular weight is 304 g/mol. The summed E-state index contributed by atoms with van der Waals surface area (Å²) in [6.45, 7) is 0. The largest absolute Gasteiger partial charge is 0.0619 e. The lowest BCUT2D eigenvalue weighted by atomic mass is 9.84. The van der Waals surface area contributed by atoms with Gasteiger partial charge in [-0.2, -0.15) is 0 Å². The smallest absolute Gasteiger partial charge is 0.0102 e. The van der Waals surface area contributed by atoms with E-state index in [9.17, 15) is 0 Å². The molecule has 4 rings (SSSR count). The predicted molar refractivity (Wildman–Crippen MR) is 98.8 cm³/mol. The summed E-state index contributed by atoms with van der Waals surface area (Å²) < 4.78 is 0. The SMILES string of the molecule is c1ccc2c(c1)-c1ccccc1C2CCCCC1CCCCC1. The third-order valence-electron chi connectivity index (χ3n) is 6.04. The lowest BCUT2D eigenvalue weighted by Crippen LogP contribution is -2.06. The maximum Gasteiger partial charge on any atom is 0.0102 e. The van der Waals surface area contributed by atoms with Crippen LogP contribution in [-0.4, -0.2) is 0 Å². The molecule has 2 aliphatic carbocycles. The second kappa shape index (κ2) is 6.91. The van der Waals surface area contributed by atoms with E-state index in [1.807, 2.05) is 0 Å². The average Bonchev–Trinajstić information content (AvgIpc) is 2.94. The Morgan fingerprint density at radius 2 is 1.22 bits per heavy atom. The van der Waals surface area contributed by atoms with Gasteiger partial charge in [0.2, 0.25) is 0 Å². The van der Waals surface area contributed by atoms with E-state index in [1.165, 1.54) is 68.9 Å². The molecule has 0 radical (unpaired) electrons. The van der Waals surface area contributed by atoms with Gasteiger partial charge in [0.25, 0.3) is 0 Å². The minimum atomic E-state index is 0.633. The van der Waals surface area contributed by atoms with Crippen LogP contribution in [0.1, 0.15) is 74.8 Å². The van der Waals surface area contributed by atoms with Crippen molar-refractivity contribution in [2.45, 2.75) is 63.7 Å². The highest BCUT2D eigenvalue weighted by Crippen LogP contribution is 2.46. The second-order valence-electron chi connectivity index (χ2n) is 7.52. The summed E-state index contributed by atoms with van der Waals surface area (Å²) in [4.78, 5) is 0. The van der Waals surface area contributed by atoms with Crippen LogP contribution in [0.2, 0.25) is 0 Å². The maximum atomic E-state index is 2.35. The van der Waals surface area contributed by atoms with Crippen LogP contribution < -0.4 is 0 Å². The van der Waals surface area contributed by atoms with Gasteiger partial charge in [-0.25, -0.2) is 0 Å². The van der Waals surface area contributed by atoms with Crippen LogP contribution in [0.25, 0.3) is 11.1 Å². The van der Waals surface area contributed by atoms with Crippen molar-refractivity contribution in [3.63, 3.8) is 0 Å². The molecule has 0 saturated heterocycles. The molecular formula is C23H28. The monoisotopic (exact) mass is 304 g/mol. The predicted octanol–water partition coefficient (Wildman–Crippen LogP) is 6.94. The first kappa shape index (κ1) is 15.0. The van der Waals surface area contributed by atoms with Crippen molar-refractivity contribution in [2.75, 3.05) is 0 Å². The number of benzene rings is 2. The summed E-state index contributed by atoms with van der Waals surface area (Å²) in [5.74, 6) is 1.67. The number of unbranched alkanes of at least 4 members (excludes halogenated alkanes) is 1. The van der Waals surface area contributed by atoms with E-state index in [2.05, 4.69) is 48.5 Å². The molecule has 0 aliphatic heterocycles. The molecule has 0 heteroatoms. The lowest BCUT2D eigenvalue weighted by molar-refractivity contribution is 0.328. The van der Waals surface area contributed by atoms with Gasteiger partial charge in [-0.1, -0.05) is 99.9 Å². The topological polar surface area (TPSA) is 0 Å². The van der Waals surface area contributed by atoms with E-state index in [0.717, 1.165) is 5.92 Å². The first-order valence-electron chi connectivity index (χ1n) is 9.62. The molecule has 0 nitrogen and oxygen atoms in total. The van der Waals surface area contributed by atoms with Crippen molar-refractivity contribution in [1.82, 2.24) is 0 Å². The number of fused-ring (bicyclic) bond motifs is 3. The summed E-state index contributed by atoms with van der Waals surface area (Å²) in [6.07, 6.45) is 13.0. The Kier molecular flexibility index (Phi) is 4.50. The molecule has 0 N–H and O–H groups in total. The molecule has 0 amide bonds. The number of rotatable bonds is 5. The van der Waals surface area contributed by atoms with E-state index in [-0.39, 0.29) is 0 Å². The molecule has 1 saturated carbocycles. The highest BCUT2D eigenvalue weighted by Gasteiger charge is 2.27. The molecule has 2 aromatic carbocycles. The summed E-state index contributed by atoms with van der Waals surface area (Å²) in [7, 11) is 0. The van der Waals surface area contributed by atoms with E-state index in [4.69, 9.17) is 0 Å². The van der Waals surface area contributed by atoms with Crippen LogP contribution in [0.5, 0.6) is 0 Å². The molecule has 2 aliphatic rings. The van der Waals surface area contributed by atoms with Crippen LogP contribution in [0, 0.1) is 5.92 Å². The Morgan fingerprint density at radius 1 is 0.652 bits per heavy atom. The second-order valence-corrected chi connectivity index (χ2v) is 7.52. The maximum absolute atomic E-state index is 2.35. The molecule has 0 atom stereocenters. The summed E-state index contributed by atoms with van der Waals surface area (Å²) in [6, 6.07) is 18.1. The van der Waals surface area contributed by atoms with E-state index in [0.29, 0.717) is 5.92 Å². The highest BCUT2D eigenvalue weighted by molar-refractivity contribution is 5.78. The fourth-order valence-electron chi connectivity index (χ4n) is 4.83. The Labute approximate surface area is 140 Å². The third-order valence-corrected chi connectivity index (χ3v) is 6.04. The van der Waals surface area contributed by atoms with Crippen LogP contribution in [0.15, 0.2) is 48.5 Å². The molecule has 1 fully saturated rings. The molecular weight excluding hydrogens is 276 g/mol. The van der Waals surface area contributed by atoms with Crippen molar-refractivity contribution >= 4 is 0 Å². The number of hydrogen-bond acceptors (Lipinski definition) is 0. The van der Waals surface area contributed by atoms with Gasteiger partial charge in [0.05, 0.1) is 0 Å². The van der Waals surface area contributed by atoms with E-state index < -0.39 is 0 Å². The summed E-state index contributed by atoms with van der Waals surface area (Å²) in [5, 5.41) is 0. The van der Waals surface area contributed by atoms with Gasteiger partial charge in [-0.3, -0.25) is 0 Å². The van der Waals surface area contributed by atoms with Crippen molar-refractivity contribution in [3.8, 4) is 11.1 Å². The van der Waals surface area contributed by atoms with Gasteiger partial charge >= 0.3 is 0 Å². The van der Waals surface area contributed by atoms with Gasteiger partial charge < -0.3 is 0 Å². The fraction of sp³-hybridized carbons (Fsp3) is 0.478. The fourth-order valence-corrected chi connectivity index (χ4v) is 4.83. The first-order valence-corrected chi connectivity index (χ1v) is 9.62. The Balaban J connectivity index is 1.40. The van der Waals surface area contributed by atoms with Gasteiger partial charge in [0.1, 0.15) is 0 Å². The molecule has 23 heavy (non-hydrogen) atoms. The minimum Gasteiger partial charge on any atom is -0.0619 e. The van der Waals surface area contributed by atoms with Gasteiger partial charge in [0.15, 0.2) is 0 Å². The van der Waals surface area contributed by atoms with Crippen molar-refractivity contribution in [2.24, 2.45) is 5.92 Å². The Hall–Kier alpha value is -1.56. The molecule has 2 aromatic rings. The van der Waals surface area contributed by atoms with Crippen molar-refractivity contribution in [1.29, 1.82) is 0 Å². The third kappa shape index (κ3) is 3.09.